The van der Waals surface area contributed by atoms with Crippen LogP contribution in [0.1, 0.15) is 31.2 Å². The number of benzene rings is 1. The third-order valence-electron chi connectivity index (χ3n) is 4.48. The molecule has 1 unspecified atom stereocenters. The minimum Gasteiger partial charge on any atom is -0.493 e. The molecule has 2 rings (SSSR count). The van der Waals surface area contributed by atoms with E-state index in [-0.39, 0.29) is 6.04 Å². The Morgan fingerprint density at radius 1 is 1.19 bits per heavy atom. The van der Waals surface area contributed by atoms with Crippen LogP contribution in [-0.4, -0.2) is 44.7 Å². The van der Waals surface area contributed by atoms with Crippen molar-refractivity contribution in [1.29, 1.82) is 0 Å². The molecule has 148 valence electrons. The highest BCUT2D eigenvalue weighted by molar-refractivity contribution is 5.77. The number of hydrogen-bond donors (Lipinski definition) is 2. The van der Waals surface area contributed by atoms with E-state index >= 15 is 0 Å². The van der Waals surface area contributed by atoms with E-state index in [1.807, 2.05) is 30.3 Å². The van der Waals surface area contributed by atoms with Crippen LogP contribution in [0.5, 0.6) is 11.5 Å². The first-order chi connectivity index (χ1) is 13.1. The average molecular weight is 374 g/mol. The maximum Gasteiger partial charge on any atom is 0.188 e. The minimum atomic E-state index is 0.102. The Hall–Kier alpha value is -2.67. The van der Waals surface area contributed by atoms with Crippen molar-refractivity contribution in [3.63, 3.8) is 0 Å². The third-order valence-corrected chi connectivity index (χ3v) is 4.48. The van der Waals surface area contributed by atoms with Crippen LogP contribution in [0.15, 0.2) is 46.0 Å². The molecule has 0 aliphatic rings. The molecule has 0 fully saturated rings. The maximum atomic E-state index is 6.07. The van der Waals surface area contributed by atoms with Crippen LogP contribution in [0.2, 0.25) is 0 Å². The molecule has 0 aliphatic carbocycles. The van der Waals surface area contributed by atoms with Crippen molar-refractivity contribution in [2.45, 2.75) is 26.4 Å². The molecule has 2 aromatic rings. The fourth-order valence-corrected chi connectivity index (χ4v) is 2.97. The van der Waals surface area contributed by atoms with Gasteiger partial charge in [0.1, 0.15) is 5.76 Å². The Balaban J connectivity index is 1.99. The molecule has 0 saturated carbocycles. The lowest BCUT2D eigenvalue weighted by Gasteiger charge is -2.28. The average Bonchev–Trinajstić information content (AvgIpc) is 3.23. The summed E-state index contributed by atoms with van der Waals surface area (Å²) in [6.07, 6.45) is 1.69. The molecule has 0 radical (unpaired) electrons. The topological polar surface area (TPSA) is 85.2 Å². The quantitative estimate of drug-likeness (QED) is 0.491. The predicted octanol–water partition coefficient (Wildman–Crippen LogP) is 2.78. The van der Waals surface area contributed by atoms with Gasteiger partial charge in [-0.05, 0) is 42.9 Å². The van der Waals surface area contributed by atoms with Crippen LogP contribution >= 0.6 is 0 Å². The summed E-state index contributed by atoms with van der Waals surface area (Å²) in [5.41, 5.74) is 7.06. The van der Waals surface area contributed by atoms with Crippen LogP contribution in [-0.2, 0) is 6.54 Å². The number of guanidine groups is 1. The number of furan rings is 1. The van der Waals surface area contributed by atoms with Crippen LogP contribution in [0.25, 0.3) is 0 Å². The van der Waals surface area contributed by atoms with Gasteiger partial charge in [-0.15, -0.1) is 0 Å². The second-order valence-electron chi connectivity index (χ2n) is 6.02. The molecule has 27 heavy (non-hydrogen) atoms. The molecule has 0 saturated heterocycles. The second kappa shape index (κ2) is 10.5. The number of ether oxygens (including phenoxy) is 2. The SMILES string of the molecule is CCN(CC)C(CNC(N)=NCc1ccc(OC)c(OC)c1)c1ccco1. The first-order valence-electron chi connectivity index (χ1n) is 9.15. The van der Waals surface area contributed by atoms with Gasteiger partial charge < -0.3 is 24.9 Å². The number of nitrogens with one attached hydrogen (secondary N) is 1. The Morgan fingerprint density at radius 2 is 1.93 bits per heavy atom. The van der Waals surface area contributed by atoms with E-state index < -0.39 is 0 Å². The summed E-state index contributed by atoms with van der Waals surface area (Å²) < 4.78 is 16.2. The standard InChI is InChI=1S/C20H30N4O3/c1-5-24(6-2)16(17-8-7-11-27-17)14-23-20(21)22-13-15-9-10-18(25-3)19(12-15)26-4/h7-12,16H,5-6,13-14H2,1-4H3,(H3,21,22,23). The number of rotatable bonds is 10. The minimum absolute atomic E-state index is 0.102. The van der Waals surface area contributed by atoms with E-state index in [1.165, 1.54) is 0 Å². The molecule has 0 aliphatic heterocycles. The summed E-state index contributed by atoms with van der Waals surface area (Å²) in [4.78, 5) is 6.74. The van der Waals surface area contributed by atoms with Gasteiger partial charge in [0, 0.05) is 6.54 Å². The zero-order valence-corrected chi connectivity index (χ0v) is 16.6. The summed E-state index contributed by atoms with van der Waals surface area (Å²) in [7, 11) is 3.23. The molecule has 0 spiro atoms. The van der Waals surface area contributed by atoms with Crippen molar-refractivity contribution in [2.75, 3.05) is 33.9 Å². The predicted molar refractivity (Wildman–Crippen MR) is 107 cm³/mol. The molecule has 1 atom stereocenters. The molecule has 7 heteroatoms. The Labute approximate surface area is 161 Å². The second-order valence-corrected chi connectivity index (χ2v) is 6.02. The molecule has 3 N–H and O–H groups in total. The van der Waals surface area contributed by atoms with E-state index in [4.69, 9.17) is 19.6 Å². The van der Waals surface area contributed by atoms with E-state index in [9.17, 15) is 0 Å². The Morgan fingerprint density at radius 3 is 2.52 bits per heavy atom. The van der Waals surface area contributed by atoms with E-state index in [1.54, 1.807) is 20.5 Å². The van der Waals surface area contributed by atoms with Crippen molar-refractivity contribution in [2.24, 2.45) is 10.7 Å². The van der Waals surface area contributed by atoms with Crippen LogP contribution < -0.4 is 20.5 Å². The summed E-state index contributed by atoms with van der Waals surface area (Å²) in [5.74, 6) is 2.68. The normalized spacial score (nSPS) is 12.9. The summed E-state index contributed by atoms with van der Waals surface area (Å²) in [5, 5.41) is 3.21. The van der Waals surface area contributed by atoms with Gasteiger partial charge in [-0.1, -0.05) is 19.9 Å². The molecule has 0 amide bonds. The Kier molecular flexibility index (Phi) is 8.00. The molecule has 1 heterocycles. The number of aliphatic imine (C=N–C) groups is 1. The van der Waals surface area contributed by atoms with Gasteiger partial charge >= 0.3 is 0 Å². The first kappa shape index (κ1) is 20.6. The number of nitrogens with zero attached hydrogens (tertiary/aromatic N) is 2. The van der Waals surface area contributed by atoms with Gasteiger partial charge in [-0.3, -0.25) is 4.90 Å². The lowest BCUT2D eigenvalue weighted by atomic mass is 10.2. The summed E-state index contributed by atoms with van der Waals surface area (Å²) >= 11 is 0. The number of nitrogens with two attached hydrogens (primary N) is 1. The van der Waals surface area contributed by atoms with Gasteiger partial charge in [0.25, 0.3) is 0 Å². The van der Waals surface area contributed by atoms with Crippen LogP contribution in [0.3, 0.4) is 0 Å². The molecule has 0 bridgehead atoms. The van der Waals surface area contributed by atoms with Gasteiger partial charge in [0.05, 0.1) is 33.1 Å². The van der Waals surface area contributed by atoms with Gasteiger partial charge in [-0.25, -0.2) is 4.99 Å². The molecule has 7 nitrogen and oxygen atoms in total. The Bertz CT molecular complexity index is 712. The first-order valence-corrected chi connectivity index (χ1v) is 9.15. The fraction of sp³-hybridized carbons (Fsp3) is 0.450. The highest BCUT2D eigenvalue weighted by Crippen LogP contribution is 2.27. The fourth-order valence-electron chi connectivity index (χ4n) is 2.97. The van der Waals surface area contributed by atoms with Crippen molar-refractivity contribution in [3.8, 4) is 11.5 Å². The third kappa shape index (κ3) is 5.65. The van der Waals surface area contributed by atoms with Crippen LogP contribution in [0.4, 0.5) is 0 Å². The molecule has 1 aromatic heterocycles. The van der Waals surface area contributed by atoms with Gasteiger partial charge in [0.2, 0.25) is 0 Å². The smallest absolute Gasteiger partial charge is 0.188 e. The van der Waals surface area contributed by atoms with Crippen LogP contribution in [0, 0.1) is 0 Å². The highest BCUT2D eigenvalue weighted by Gasteiger charge is 2.20. The summed E-state index contributed by atoms with van der Waals surface area (Å²) in [6.45, 7) is 7.19. The van der Waals surface area contributed by atoms with Crippen molar-refractivity contribution in [1.82, 2.24) is 10.2 Å². The zero-order valence-electron chi connectivity index (χ0n) is 16.6. The maximum absolute atomic E-state index is 6.07. The highest BCUT2D eigenvalue weighted by atomic mass is 16.5. The van der Waals surface area contributed by atoms with Crippen molar-refractivity contribution < 1.29 is 13.9 Å². The lowest BCUT2D eigenvalue weighted by Crippen LogP contribution is -2.40. The van der Waals surface area contributed by atoms with Gasteiger partial charge in [0.15, 0.2) is 17.5 Å². The van der Waals surface area contributed by atoms with Gasteiger partial charge in [-0.2, -0.15) is 0 Å². The molecular weight excluding hydrogens is 344 g/mol. The van der Waals surface area contributed by atoms with Crippen molar-refractivity contribution >= 4 is 5.96 Å². The zero-order chi connectivity index (χ0) is 19.6. The van der Waals surface area contributed by atoms with Crippen molar-refractivity contribution in [3.05, 3.63) is 47.9 Å². The number of hydrogen-bond acceptors (Lipinski definition) is 5. The van der Waals surface area contributed by atoms with E-state index in [0.717, 1.165) is 24.4 Å². The monoisotopic (exact) mass is 374 g/mol. The summed E-state index contributed by atoms with van der Waals surface area (Å²) in [6, 6.07) is 9.70. The van der Waals surface area contributed by atoms with E-state index in [2.05, 4.69) is 29.1 Å². The number of likely N-dealkylation sites (N-methyl/N-ethyl adjacent to an activating group) is 1. The number of methoxy groups -OCH3 is 2. The lowest BCUT2D eigenvalue weighted by molar-refractivity contribution is 0.193. The molecular formula is C20H30N4O3. The van der Waals surface area contributed by atoms with E-state index in [0.29, 0.717) is 30.5 Å². The molecule has 1 aromatic carbocycles. The largest absolute Gasteiger partial charge is 0.493 e.